The predicted octanol–water partition coefficient (Wildman–Crippen LogP) is 4.31. The number of hydrogen-bond donors (Lipinski definition) is 0. The minimum atomic E-state index is -0.789. The van der Waals surface area contributed by atoms with E-state index < -0.39 is 10.7 Å². The zero-order valence-electron chi connectivity index (χ0n) is 9.82. The summed E-state index contributed by atoms with van der Waals surface area (Å²) in [4.78, 5) is 11.8. The molecule has 0 amide bonds. The summed E-state index contributed by atoms with van der Waals surface area (Å²) in [6.45, 7) is 1.83. The summed E-state index contributed by atoms with van der Waals surface area (Å²) in [5.41, 5.74) is 0.0803. The van der Waals surface area contributed by atoms with Crippen molar-refractivity contribution in [3.05, 3.63) is 58.5 Å². The fraction of sp³-hybridized carbons (Fsp3) is 0.214. The first-order valence-electron chi connectivity index (χ1n) is 5.51. The lowest BCUT2D eigenvalue weighted by Crippen LogP contribution is -2.31. The van der Waals surface area contributed by atoms with Gasteiger partial charge in [-0.3, -0.25) is 4.79 Å². The Morgan fingerprint density at radius 3 is 2.72 bits per heavy atom. The van der Waals surface area contributed by atoms with E-state index in [1.807, 2.05) is 37.3 Å². The highest BCUT2D eigenvalue weighted by Crippen LogP contribution is 2.32. The summed E-state index contributed by atoms with van der Waals surface area (Å²) in [5.74, 6) is 0.742. The van der Waals surface area contributed by atoms with Gasteiger partial charge >= 0.3 is 0 Å². The zero-order chi connectivity index (χ0) is 13.2. The average Bonchev–Trinajstić information content (AvgIpc) is 2.81. The molecule has 1 heterocycles. The molecule has 1 atom stereocenters. The van der Waals surface area contributed by atoms with E-state index >= 15 is 0 Å². The molecule has 2 nitrogen and oxygen atoms in total. The quantitative estimate of drug-likeness (QED) is 0.783. The minimum absolute atomic E-state index is 0.392. The van der Waals surface area contributed by atoms with E-state index in [-0.39, 0.29) is 0 Å². The molecule has 0 saturated carbocycles. The van der Waals surface area contributed by atoms with Gasteiger partial charge in [0.15, 0.2) is 0 Å². The molecule has 18 heavy (non-hydrogen) atoms. The van der Waals surface area contributed by atoms with Gasteiger partial charge in [0.2, 0.25) is 5.24 Å². The van der Waals surface area contributed by atoms with Crippen molar-refractivity contribution < 1.29 is 9.21 Å². The molecule has 0 saturated heterocycles. The topological polar surface area (TPSA) is 30.2 Å². The molecule has 0 spiro atoms. The Kier molecular flexibility index (Phi) is 3.93. The van der Waals surface area contributed by atoms with Crippen LogP contribution in [0.3, 0.4) is 0 Å². The van der Waals surface area contributed by atoms with Crippen molar-refractivity contribution in [2.75, 3.05) is 0 Å². The maximum absolute atomic E-state index is 11.8. The van der Waals surface area contributed by atoms with E-state index in [9.17, 15) is 4.79 Å². The van der Waals surface area contributed by atoms with Gasteiger partial charge in [-0.1, -0.05) is 28.1 Å². The van der Waals surface area contributed by atoms with Gasteiger partial charge in [-0.25, -0.2) is 0 Å². The molecule has 1 aromatic heterocycles. The Labute approximate surface area is 119 Å². The molecule has 0 fully saturated rings. The van der Waals surface area contributed by atoms with Gasteiger partial charge in [0.25, 0.3) is 0 Å². The number of rotatable bonds is 4. The molecule has 0 aliphatic rings. The second-order valence-corrected chi connectivity index (χ2v) is 5.63. The second-order valence-electron chi connectivity index (χ2n) is 4.37. The first-order chi connectivity index (χ1) is 8.52. The minimum Gasteiger partial charge on any atom is -0.469 e. The Morgan fingerprint density at radius 2 is 2.17 bits per heavy atom. The average molecular weight is 328 g/mol. The fourth-order valence-corrected chi connectivity index (χ4v) is 2.45. The molecular formula is C14H12BrClO2. The molecule has 94 valence electrons. The van der Waals surface area contributed by atoms with Gasteiger partial charge in [-0.15, -0.1) is 0 Å². The lowest BCUT2D eigenvalue weighted by molar-refractivity contribution is -0.116. The number of halogens is 2. The predicted molar refractivity (Wildman–Crippen MR) is 74.8 cm³/mol. The van der Waals surface area contributed by atoms with Crippen LogP contribution in [0.5, 0.6) is 0 Å². The van der Waals surface area contributed by atoms with Crippen molar-refractivity contribution in [2.45, 2.75) is 18.8 Å². The lowest BCUT2D eigenvalue weighted by Gasteiger charge is -2.25. The second kappa shape index (κ2) is 5.29. The normalized spacial score (nSPS) is 14.2. The molecule has 0 aliphatic heterocycles. The maximum Gasteiger partial charge on any atom is 0.232 e. The van der Waals surface area contributed by atoms with Gasteiger partial charge in [-0.2, -0.15) is 0 Å². The Balaban J connectivity index is 2.41. The van der Waals surface area contributed by atoms with E-state index in [1.165, 1.54) is 0 Å². The van der Waals surface area contributed by atoms with Gasteiger partial charge in [0.05, 0.1) is 11.7 Å². The fourth-order valence-electron chi connectivity index (χ4n) is 1.88. The van der Waals surface area contributed by atoms with E-state index in [0.29, 0.717) is 6.42 Å². The maximum atomic E-state index is 11.8. The van der Waals surface area contributed by atoms with Crippen molar-refractivity contribution in [3.8, 4) is 0 Å². The van der Waals surface area contributed by atoms with Crippen LogP contribution in [0, 0.1) is 0 Å². The summed E-state index contributed by atoms with van der Waals surface area (Å²) >= 11 is 9.20. The van der Waals surface area contributed by atoms with E-state index in [1.54, 1.807) is 12.3 Å². The number of carbonyl (C=O) groups is 1. The SMILES string of the molecule is CC(Cc1ccco1)(C(=O)Cl)c1cccc(Br)c1. The lowest BCUT2D eigenvalue weighted by atomic mass is 9.80. The zero-order valence-corrected chi connectivity index (χ0v) is 12.2. The van der Waals surface area contributed by atoms with Crippen LogP contribution >= 0.6 is 27.5 Å². The third kappa shape index (κ3) is 2.68. The van der Waals surface area contributed by atoms with Crippen molar-refractivity contribution in [1.82, 2.24) is 0 Å². The van der Waals surface area contributed by atoms with Crippen LogP contribution in [0.2, 0.25) is 0 Å². The van der Waals surface area contributed by atoms with Crippen LogP contribution in [0.4, 0.5) is 0 Å². The van der Waals surface area contributed by atoms with E-state index in [2.05, 4.69) is 15.9 Å². The molecule has 0 N–H and O–H groups in total. The van der Waals surface area contributed by atoms with Crippen molar-refractivity contribution in [2.24, 2.45) is 0 Å². The number of furan rings is 1. The molecule has 0 aliphatic carbocycles. The standard InChI is InChI=1S/C14H12BrClO2/c1-14(13(16)17,9-12-6-3-7-18-12)10-4-2-5-11(15)8-10/h2-8H,9H2,1H3. The van der Waals surface area contributed by atoms with Crippen molar-refractivity contribution in [1.29, 1.82) is 0 Å². The third-order valence-corrected chi connectivity index (χ3v) is 3.91. The monoisotopic (exact) mass is 326 g/mol. The smallest absolute Gasteiger partial charge is 0.232 e. The number of carbonyl (C=O) groups excluding carboxylic acids is 1. The Bertz CT molecular complexity index is 551. The van der Waals surface area contributed by atoms with Gasteiger partial charge < -0.3 is 4.42 Å². The third-order valence-electron chi connectivity index (χ3n) is 3.00. The highest BCUT2D eigenvalue weighted by molar-refractivity contribution is 9.10. The summed E-state index contributed by atoms with van der Waals surface area (Å²) in [6, 6.07) is 11.2. The van der Waals surface area contributed by atoms with Crippen LogP contribution in [0.1, 0.15) is 18.2 Å². The van der Waals surface area contributed by atoms with Crippen LogP contribution in [0.15, 0.2) is 51.6 Å². The molecule has 1 aromatic carbocycles. The Hall–Kier alpha value is -1.06. The molecule has 0 radical (unpaired) electrons. The van der Waals surface area contributed by atoms with Crippen molar-refractivity contribution in [3.63, 3.8) is 0 Å². The molecule has 2 rings (SSSR count). The highest BCUT2D eigenvalue weighted by atomic mass is 79.9. The van der Waals surface area contributed by atoms with Crippen LogP contribution in [-0.4, -0.2) is 5.24 Å². The number of benzene rings is 1. The molecule has 4 heteroatoms. The highest BCUT2D eigenvalue weighted by Gasteiger charge is 2.35. The molecule has 0 bridgehead atoms. The van der Waals surface area contributed by atoms with Gasteiger partial charge in [-0.05, 0) is 48.4 Å². The summed E-state index contributed by atoms with van der Waals surface area (Å²) < 4.78 is 6.23. The van der Waals surface area contributed by atoms with Crippen LogP contribution in [-0.2, 0) is 16.6 Å². The number of hydrogen-bond acceptors (Lipinski definition) is 2. The van der Waals surface area contributed by atoms with Crippen LogP contribution in [0.25, 0.3) is 0 Å². The summed E-state index contributed by atoms with van der Waals surface area (Å²) in [7, 11) is 0. The Morgan fingerprint density at radius 1 is 1.39 bits per heavy atom. The van der Waals surface area contributed by atoms with E-state index in [4.69, 9.17) is 16.0 Å². The summed E-state index contributed by atoms with van der Waals surface area (Å²) in [6.07, 6.45) is 2.04. The van der Waals surface area contributed by atoms with Crippen LogP contribution < -0.4 is 0 Å². The van der Waals surface area contributed by atoms with E-state index in [0.717, 1.165) is 15.8 Å². The molecule has 2 aromatic rings. The van der Waals surface area contributed by atoms with Gasteiger partial charge in [0.1, 0.15) is 5.76 Å². The van der Waals surface area contributed by atoms with Crippen molar-refractivity contribution >= 4 is 32.8 Å². The molecule has 1 unspecified atom stereocenters. The molecular weight excluding hydrogens is 316 g/mol. The van der Waals surface area contributed by atoms with Gasteiger partial charge in [0, 0.05) is 10.9 Å². The largest absolute Gasteiger partial charge is 0.469 e. The first kappa shape index (κ1) is 13.4. The summed E-state index contributed by atoms with van der Waals surface area (Å²) in [5, 5.41) is -0.392. The first-order valence-corrected chi connectivity index (χ1v) is 6.68.